The highest BCUT2D eigenvalue weighted by Gasteiger charge is 2.29. The molecular formula is C17H20N2O3. The minimum absolute atomic E-state index is 0.0466. The second kappa shape index (κ2) is 6.56. The van der Waals surface area contributed by atoms with Crippen molar-refractivity contribution < 1.29 is 13.9 Å². The van der Waals surface area contributed by atoms with Crippen LogP contribution in [0.25, 0.3) is 0 Å². The number of ether oxygens (including phenoxy) is 1. The molecule has 2 aromatic rings. The Hall–Kier alpha value is -2.43. The summed E-state index contributed by atoms with van der Waals surface area (Å²) < 4.78 is 10.4. The van der Waals surface area contributed by atoms with Gasteiger partial charge in [0.2, 0.25) is 0 Å². The van der Waals surface area contributed by atoms with Crippen LogP contribution < -0.4 is 10.1 Å². The van der Waals surface area contributed by atoms with E-state index < -0.39 is 0 Å². The molecule has 0 spiro atoms. The first-order chi connectivity index (χ1) is 10.8. The molecule has 5 nitrogen and oxygen atoms in total. The highest BCUT2D eigenvalue weighted by molar-refractivity contribution is 5.75. The van der Waals surface area contributed by atoms with E-state index in [0.717, 1.165) is 36.5 Å². The van der Waals surface area contributed by atoms with Gasteiger partial charge in [0.05, 0.1) is 26.0 Å². The minimum atomic E-state index is -0.0466. The third kappa shape index (κ3) is 3.08. The first-order valence-electron chi connectivity index (χ1n) is 7.49. The summed E-state index contributed by atoms with van der Waals surface area (Å²) in [7, 11) is 1.65. The van der Waals surface area contributed by atoms with E-state index in [1.54, 1.807) is 13.4 Å². The maximum absolute atomic E-state index is 12.4. The van der Waals surface area contributed by atoms with Crippen molar-refractivity contribution in [3.8, 4) is 5.75 Å². The lowest BCUT2D eigenvalue weighted by atomic mass is 10.0. The van der Waals surface area contributed by atoms with E-state index in [2.05, 4.69) is 5.32 Å². The van der Waals surface area contributed by atoms with Crippen LogP contribution in [-0.2, 0) is 6.54 Å². The zero-order valence-electron chi connectivity index (χ0n) is 12.6. The summed E-state index contributed by atoms with van der Waals surface area (Å²) in [4.78, 5) is 14.3. The van der Waals surface area contributed by atoms with Crippen LogP contribution >= 0.6 is 0 Å². The maximum Gasteiger partial charge on any atom is 0.318 e. The lowest BCUT2D eigenvalue weighted by Gasteiger charge is -2.25. The topological polar surface area (TPSA) is 54.7 Å². The van der Waals surface area contributed by atoms with Crippen LogP contribution in [0.3, 0.4) is 0 Å². The quantitative estimate of drug-likeness (QED) is 0.942. The van der Waals surface area contributed by atoms with Crippen molar-refractivity contribution in [1.82, 2.24) is 10.2 Å². The standard InChI is InChI=1S/C17H20N2O3/c1-21-14-8-6-13(7-9-14)16-5-2-10-19(16)17(20)18-12-15-4-3-11-22-15/h3-4,6-9,11,16H,2,5,10,12H2,1H3,(H,18,20). The van der Waals surface area contributed by atoms with Crippen molar-refractivity contribution in [1.29, 1.82) is 0 Å². The molecule has 1 N–H and O–H groups in total. The highest BCUT2D eigenvalue weighted by atomic mass is 16.5. The summed E-state index contributed by atoms with van der Waals surface area (Å²) in [6, 6.07) is 11.7. The van der Waals surface area contributed by atoms with Gasteiger partial charge in [0.1, 0.15) is 11.5 Å². The molecule has 116 valence electrons. The summed E-state index contributed by atoms with van der Waals surface area (Å²) in [5, 5.41) is 2.92. The second-order valence-electron chi connectivity index (χ2n) is 5.36. The fraction of sp³-hybridized carbons (Fsp3) is 0.353. The number of amides is 2. The number of hydrogen-bond acceptors (Lipinski definition) is 3. The van der Waals surface area contributed by atoms with Gasteiger partial charge in [-0.2, -0.15) is 0 Å². The molecule has 2 heterocycles. The fourth-order valence-corrected chi connectivity index (χ4v) is 2.86. The SMILES string of the molecule is COc1ccc(C2CCCN2C(=O)NCc2ccco2)cc1. The molecule has 5 heteroatoms. The Bertz CT molecular complexity index is 607. The van der Waals surface area contributed by atoms with Crippen molar-refractivity contribution in [2.45, 2.75) is 25.4 Å². The number of nitrogens with one attached hydrogen (secondary N) is 1. The van der Waals surface area contributed by atoms with Gasteiger partial charge in [-0.05, 0) is 42.7 Å². The smallest absolute Gasteiger partial charge is 0.318 e. The highest BCUT2D eigenvalue weighted by Crippen LogP contribution is 2.32. The number of benzene rings is 1. The number of rotatable bonds is 4. The third-order valence-electron chi connectivity index (χ3n) is 4.01. The third-order valence-corrected chi connectivity index (χ3v) is 4.01. The zero-order valence-corrected chi connectivity index (χ0v) is 12.6. The van der Waals surface area contributed by atoms with Gasteiger partial charge < -0.3 is 19.4 Å². The molecule has 2 amide bonds. The van der Waals surface area contributed by atoms with Crippen LogP contribution in [0.1, 0.15) is 30.2 Å². The first-order valence-corrected chi connectivity index (χ1v) is 7.49. The van der Waals surface area contributed by atoms with Crippen LogP contribution in [0.2, 0.25) is 0 Å². The molecule has 1 aliphatic rings. The maximum atomic E-state index is 12.4. The predicted octanol–water partition coefficient (Wildman–Crippen LogP) is 3.33. The summed E-state index contributed by atoms with van der Waals surface area (Å²) in [5.74, 6) is 1.59. The lowest BCUT2D eigenvalue weighted by molar-refractivity contribution is 0.191. The molecule has 3 rings (SSSR count). The summed E-state index contributed by atoms with van der Waals surface area (Å²) >= 11 is 0. The number of urea groups is 1. The summed E-state index contributed by atoms with van der Waals surface area (Å²) in [6.45, 7) is 1.19. The Morgan fingerprint density at radius 3 is 2.86 bits per heavy atom. The monoisotopic (exact) mass is 300 g/mol. The minimum Gasteiger partial charge on any atom is -0.497 e. The van der Waals surface area contributed by atoms with Crippen molar-refractivity contribution >= 4 is 6.03 Å². The Morgan fingerprint density at radius 1 is 1.36 bits per heavy atom. The molecule has 1 unspecified atom stereocenters. The molecule has 0 radical (unpaired) electrons. The van der Waals surface area contributed by atoms with Gasteiger partial charge in [-0.1, -0.05) is 12.1 Å². The van der Waals surface area contributed by atoms with Gasteiger partial charge >= 0.3 is 6.03 Å². The van der Waals surface area contributed by atoms with Crippen LogP contribution in [0, 0.1) is 0 Å². The van der Waals surface area contributed by atoms with E-state index >= 15 is 0 Å². The number of carbonyl (C=O) groups is 1. The lowest BCUT2D eigenvalue weighted by Crippen LogP contribution is -2.39. The summed E-state index contributed by atoms with van der Waals surface area (Å²) in [5.41, 5.74) is 1.14. The number of methoxy groups -OCH3 is 1. The number of nitrogens with zero attached hydrogens (tertiary/aromatic N) is 1. The zero-order chi connectivity index (χ0) is 15.4. The average Bonchev–Trinajstić information content (AvgIpc) is 3.24. The molecule has 0 saturated carbocycles. The van der Waals surface area contributed by atoms with Gasteiger partial charge in [0, 0.05) is 6.54 Å². The fourth-order valence-electron chi connectivity index (χ4n) is 2.86. The molecule has 0 aliphatic carbocycles. The second-order valence-corrected chi connectivity index (χ2v) is 5.36. The Labute approximate surface area is 129 Å². The molecule has 1 fully saturated rings. The largest absolute Gasteiger partial charge is 0.497 e. The molecule has 1 atom stereocenters. The van der Waals surface area contributed by atoms with E-state index in [1.807, 2.05) is 41.3 Å². The number of likely N-dealkylation sites (tertiary alicyclic amines) is 1. The Morgan fingerprint density at radius 2 is 2.18 bits per heavy atom. The van der Waals surface area contributed by atoms with Crippen molar-refractivity contribution in [3.05, 3.63) is 54.0 Å². The van der Waals surface area contributed by atoms with Gasteiger partial charge in [0.25, 0.3) is 0 Å². The number of hydrogen-bond donors (Lipinski definition) is 1. The molecular weight excluding hydrogens is 280 g/mol. The molecule has 22 heavy (non-hydrogen) atoms. The molecule has 1 aromatic carbocycles. The van der Waals surface area contributed by atoms with Crippen molar-refractivity contribution in [2.75, 3.05) is 13.7 Å². The van der Waals surface area contributed by atoms with Gasteiger partial charge in [-0.15, -0.1) is 0 Å². The average molecular weight is 300 g/mol. The van der Waals surface area contributed by atoms with E-state index in [1.165, 1.54) is 0 Å². The Balaban J connectivity index is 1.65. The number of carbonyl (C=O) groups excluding carboxylic acids is 1. The summed E-state index contributed by atoms with van der Waals surface area (Å²) in [6.07, 6.45) is 3.61. The van der Waals surface area contributed by atoms with Gasteiger partial charge in [0.15, 0.2) is 0 Å². The van der Waals surface area contributed by atoms with E-state index in [-0.39, 0.29) is 12.1 Å². The first kappa shape index (κ1) is 14.5. The normalized spacial score (nSPS) is 17.5. The van der Waals surface area contributed by atoms with Gasteiger partial charge in [-0.25, -0.2) is 4.79 Å². The molecule has 1 aromatic heterocycles. The van der Waals surface area contributed by atoms with Gasteiger partial charge in [-0.3, -0.25) is 0 Å². The molecule has 1 aliphatic heterocycles. The van der Waals surface area contributed by atoms with Crippen LogP contribution in [0.4, 0.5) is 4.79 Å². The van der Waals surface area contributed by atoms with E-state index in [9.17, 15) is 4.79 Å². The van der Waals surface area contributed by atoms with E-state index in [4.69, 9.17) is 9.15 Å². The van der Waals surface area contributed by atoms with Crippen molar-refractivity contribution in [2.24, 2.45) is 0 Å². The molecule has 1 saturated heterocycles. The molecule has 0 bridgehead atoms. The Kier molecular flexibility index (Phi) is 4.32. The van der Waals surface area contributed by atoms with Crippen LogP contribution in [-0.4, -0.2) is 24.6 Å². The number of furan rings is 1. The predicted molar refractivity (Wildman–Crippen MR) is 82.6 cm³/mol. The van der Waals surface area contributed by atoms with E-state index in [0.29, 0.717) is 6.54 Å². The van der Waals surface area contributed by atoms with Crippen LogP contribution in [0.5, 0.6) is 5.75 Å². The van der Waals surface area contributed by atoms with Crippen molar-refractivity contribution in [3.63, 3.8) is 0 Å². The van der Waals surface area contributed by atoms with Crippen LogP contribution in [0.15, 0.2) is 47.1 Å².